The molecule has 0 aliphatic heterocycles. The van der Waals surface area contributed by atoms with E-state index in [0.717, 1.165) is 31.4 Å². The molecule has 18 heavy (non-hydrogen) atoms. The Morgan fingerprint density at radius 1 is 1.44 bits per heavy atom. The molecule has 0 bridgehead atoms. The summed E-state index contributed by atoms with van der Waals surface area (Å²) in [6, 6.07) is 2.26. The van der Waals surface area contributed by atoms with Gasteiger partial charge in [-0.15, -0.1) is 0 Å². The third-order valence-electron chi connectivity index (χ3n) is 3.45. The van der Waals surface area contributed by atoms with Crippen LogP contribution < -0.4 is 10.2 Å². The average molecular weight is 247 g/mol. The Kier molecular flexibility index (Phi) is 4.59. The van der Waals surface area contributed by atoms with E-state index in [-0.39, 0.29) is 0 Å². The summed E-state index contributed by atoms with van der Waals surface area (Å²) in [5.74, 6) is 2.04. The minimum absolute atomic E-state index is 0.905. The molecule has 0 spiro atoms. The smallest absolute Gasteiger partial charge is 0.131 e. The van der Waals surface area contributed by atoms with Crippen molar-refractivity contribution in [2.75, 3.05) is 25.0 Å². The molecule has 1 aliphatic carbocycles. The second-order valence-electron chi connectivity index (χ2n) is 5.48. The minimum Gasteiger partial charge on any atom is -0.359 e. The maximum atomic E-state index is 4.62. The highest BCUT2D eigenvalue weighted by Gasteiger charge is 2.23. The molecule has 1 heterocycles. The third-order valence-corrected chi connectivity index (χ3v) is 3.45. The molecule has 1 aliphatic rings. The van der Waals surface area contributed by atoms with E-state index in [9.17, 15) is 0 Å². The fourth-order valence-electron chi connectivity index (χ4n) is 2.31. The van der Waals surface area contributed by atoms with Gasteiger partial charge in [-0.3, -0.25) is 0 Å². The monoisotopic (exact) mass is 247 g/mol. The number of nitrogens with zero attached hydrogens (tertiary/aromatic N) is 2. The predicted octanol–water partition coefficient (Wildman–Crippen LogP) is 2.74. The summed E-state index contributed by atoms with van der Waals surface area (Å²) in [5, 5.41) is 3.42. The van der Waals surface area contributed by atoms with Gasteiger partial charge in [0, 0.05) is 26.3 Å². The van der Waals surface area contributed by atoms with E-state index in [1.165, 1.54) is 30.4 Å². The highest BCUT2D eigenvalue weighted by molar-refractivity contribution is 5.46. The first-order valence-corrected chi connectivity index (χ1v) is 7.08. The summed E-state index contributed by atoms with van der Waals surface area (Å²) in [7, 11) is 2.16. The Labute approximate surface area is 111 Å². The van der Waals surface area contributed by atoms with Crippen molar-refractivity contribution in [1.82, 2.24) is 10.3 Å². The first kappa shape index (κ1) is 13.3. The molecule has 1 aromatic heterocycles. The molecule has 0 amide bonds. The molecule has 2 rings (SSSR count). The van der Waals surface area contributed by atoms with E-state index in [0.29, 0.717) is 0 Å². The Balaban J connectivity index is 1.95. The number of hydrogen-bond acceptors (Lipinski definition) is 3. The van der Waals surface area contributed by atoms with Gasteiger partial charge in [0.15, 0.2) is 0 Å². The van der Waals surface area contributed by atoms with Crippen molar-refractivity contribution >= 4 is 5.82 Å². The van der Waals surface area contributed by atoms with Crippen LogP contribution in [-0.4, -0.2) is 25.1 Å². The van der Waals surface area contributed by atoms with Crippen LogP contribution >= 0.6 is 0 Å². The zero-order valence-electron chi connectivity index (χ0n) is 11.9. The molecule has 100 valence electrons. The lowest BCUT2D eigenvalue weighted by molar-refractivity contribution is 0.673. The lowest BCUT2D eigenvalue weighted by atomic mass is 10.2. The second kappa shape index (κ2) is 6.19. The van der Waals surface area contributed by atoms with Crippen molar-refractivity contribution in [2.45, 2.75) is 39.7 Å². The van der Waals surface area contributed by atoms with Gasteiger partial charge in [-0.05, 0) is 55.8 Å². The van der Waals surface area contributed by atoms with Crippen LogP contribution in [0.4, 0.5) is 5.82 Å². The minimum atomic E-state index is 0.905. The van der Waals surface area contributed by atoms with E-state index in [2.05, 4.69) is 42.2 Å². The molecule has 0 aromatic carbocycles. The van der Waals surface area contributed by atoms with Crippen LogP contribution in [0.3, 0.4) is 0 Å². The third kappa shape index (κ3) is 3.70. The topological polar surface area (TPSA) is 28.2 Å². The highest BCUT2D eigenvalue weighted by atomic mass is 15.2. The molecule has 0 saturated heterocycles. The molecular weight excluding hydrogens is 222 g/mol. The lowest BCUT2D eigenvalue weighted by Gasteiger charge is -2.20. The molecule has 0 atom stereocenters. The molecule has 3 heteroatoms. The van der Waals surface area contributed by atoms with Gasteiger partial charge >= 0.3 is 0 Å². The van der Waals surface area contributed by atoms with Crippen molar-refractivity contribution in [2.24, 2.45) is 5.92 Å². The van der Waals surface area contributed by atoms with Gasteiger partial charge in [-0.1, -0.05) is 6.92 Å². The molecular formula is C15H25N3. The van der Waals surface area contributed by atoms with Gasteiger partial charge in [0.1, 0.15) is 5.82 Å². The Morgan fingerprint density at radius 2 is 2.22 bits per heavy atom. The van der Waals surface area contributed by atoms with E-state index >= 15 is 0 Å². The normalized spacial score (nSPS) is 14.8. The van der Waals surface area contributed by atoms with Crippen LogP contribution in [0.15, 0.2) is 12.3 Å². The highest BCUT2D eigenvalue weighted by Crippen LogP contribution is 2.31. The van der Waals surface area contributed by atoms with Crippen molar-refractivity contribution in [3.8, 4) is 0 Å². The second-order valence-corrected chi connectivity index (χ2v) is 5.48. The first-order chi connectivity index (χ1) is 8.70. The van der Waals surface area contributed by atoms with Crippen LogP contribution in [0.25, 0.3) is 0 Å². The van der Waals surface area contributed by atoms with Gasteiger partial charge in [-0.2, -0.15) is 0 Å². The van der Waals surface area contributed by atoms with E-state index in [4.69, 9.17) is 0 Å². The standard InChI is InChI=1S/C15H25N3/c1-4-7-16-9-14-8-12(2)15(17-10-14)18(3)11-13-5-6-13/h8,10,13,16H,4-7,9,11H2,1-3H3. The molecule has 1 N–H and O–H groups in total. The van der Waals surface area contributed by atoms with Gasteiger partial charge in [-0.25, -0.2) is 4.98 Å². The Hall–Kier alpha value is -1.09. The number of hydrogen-bond donors (Lipinski definition) is 1. The number of rotatable bonds is 7. The van der Waals surface area contributed by atoms with E-state index in [1.807, 2.05) is 6.20 Å². The van der Waals surface area contributed by atoms with Crippen LogP contribution in [0, 0.1) is 12.8 Å². The molecule has 1 aromatic rings. The van der Waals surface area contributed by atoms with Gasteiger partial charge in [0.2, 0.25) is 0 Å². The summed E-state index contributed by atoms with van der Waals surface area (Å²) in [6.45, 7) is 7.50. The van der Waals surface area contributed by atoms with Crippen molar-refractivity contribution < 1.29 is 0 Å². The van der Waals surface area contributed by atoms with Crippen LogP contribution in [0.1, 0.15) is 37.3 Å². The van der Waals surface area contributed by atoms with E-state index in [1.54, 1.807) is 0 Å². The Morgan fingerprint density at radius 3 is 2.83 bits per heavy atom. The first-order valence-electron chi connectivity index (χ1n) is 7.08. The van der Waals surface area contributed by atoms with Crippen LogP contribution in [0.2, 0.25) is 0 Å². The van der Waals surface area contributed by atoms with Gasteiger partial charge in [0.25, 0.3) is 0 Å². The number of pyridine rings is 1. The zero-order valence-corrected chi connectivity index (χ0v) is 11.9. The fourth-order valence-corrected chi connectivity index (χ4v) is 2.31. The number of aryl methyl sites for hydroxylation is 1. The van der Waals surface area contributed by atoms with Crippen LogP contribution in [0.5, 0.6) is 0 Å². The number of nitrogens with one attached hydrogen (secondary N) is 1. The average Bonchev–Trinajstić information content (AvgIpc) is 3.13. The maximum Gasteiger partial charge on any atom is 0.131 e. The summed E-state index contributed by atoms with van der Waals surface area (Å²) in [6.07, 6.45) is 5.97. The molecule has 3 nitrogen and oxygen atoms in total. The lowest BCUT2D eigenvalue weighted by Crippen LogP contribution is -2.22. The predicted molar refractivity (Wildman–Crippen MR) is 77.0 cm³/mol. The molecule has 1 saturated carbocycles. The maximum absolute atomic E-state index is 4.62. The largest absolute Gasteiger partial charge is 0.359 e. The quantitative estimate of drug-likeness (QED) is 0.751. The van der Waals surface area contributed by atoms with E-state index < -0.39 is 0 Å². The summed E-state index contributed by atoms with van der Waals surface area (Å²) < 4.78 is 0. The van der Waals surface area contributed by atoms with Gasteiger partial charge < -0.3 is 10.2 Å². The molecule has 0 unspecified atom stereocenters. The molecule has 0 radical (unpaired) electrons. The van der Waals surface area contributed by atoms with Crippen LogP contribution in [-0.2, 0) is 6.54 Å². The molecule has 1 fully saturated rings. The van der Waals surface area contributed by atoms with Crippen molar-refractivity contribution in [1.29, 1.82) is 0 Å². The Bertz CT molecular complexity index is 385. The summed E-state index contributed by atoms with van der Waals surface area (Å²) in [5.41, 5.74) is 2.57. The summed E-state index contributed by atoms with van der Waals surface area (Å²) >= 11 is 0. The van der Waals surface area contributed by atoms with Gasteiger partial charge in [0.05, 0.1) is 0 Å². The van der Waals surface area contributed by atoms with Crippen molar-refractivity contribution in [3.05, 3.63) is 23.4 Å². The number of aromatic nitrogens is 1. The number of anilines is 1. The summed E-state index contributed by atoms with van der Waals surface area (Å²) in [4.78, 5) is 6.93. The van der Waals surface area contributed by atoms with Crippen molar-refractivity contribution in [3.63, 3.8) is 0 Å². The SMILES string of the molecule is CCCNCc1cnc(N(C)CC2CC2)c(C)c1. The zero-order chi connectivity index (χ0) is 13.0. The fraction of sp³-hybridized carbons (Fsp3) is 0.667.